The van der Waals surface area contributed by atoms with E-state index in [1.54, 1.807) is 0 Å². The molecule has 1 fully saturated rings. The van der Waals surface area contributed by atoms with Crippen molar-refractivity contribution >= 4 is 5.97 Å². The highest BCUT2D eigenvalue weighted by Crippen LogP contribution is 2.27. The van der Waals surface area contributed by atoms with Crippen LogP contribution in [0.4, 0.5) is 0 Å². The molecule has 3 heteroatoms. The molecule has 1 aliphatic rings. The SMILES string of the molecule is CC1CCC(N(C)CCCCC(C)(C)C(=O)O)CC1. The molecule has 0 saturated heterocycles. The minimum atomic E-state index is -0.679. The van der Waals surface area contributed by atoms with Crippen molar-refractivity contribution in [2.24, 2.45) is 11.3 Å². The van der Waals surface area contributed by atoms with Crippen LogP contribution in [0.2, 0.25) is 0 Å². The molecule has 0 amide bonds. The van der Waals surface area contributed by atoms with Crippen LogP contribution in [0.1, 0.15) is 65.7 Å². The summed E-state index contributed by atoms with van der Waals surface area (Å²) in [5, 5.41) is 9.07. The van der Waals surface area contributed by atoms with Gasteiger partial charge in [-0.1, -0.05) is 13.3 Å². The quantitative estimate of drug-likeness (QED) is 0.715. The van der Waals surface area contributed by atoms with Crippen LogP contribution in [-0.2, 0) is 4.79 Å². The summed E-state index contributed by atoms with van der Waals surface area (Å²) in [4.78, 5) is 13.5. The van der Waals surface area contributed by atoms with Crippen LogP contribution < -0.4 is 0 Å². The Morgan fingerprint density at radius 3 is 2.32 bits per heavy atom. The van der Waals surface area contributed by atoms with E-state index < -0.39 is 11.4 Å². The van der Waals surface area contributed by atoms with Crippen molar-refractivity contribution in [3.63, 3.8) is 0 Å². The minimum absolute atomic E-state index is 0.571. The van der Waals surface area contributed by atoms with Gasteiger partial charge in [0.2, 0.25) is 0 Å². The Balaban J connectivity index is 2.17. The van der Waals surface area contributed by atoms with Crippen LogP contribution in [0.25, 0.3) is 0 Å². The van der Waals surface area contributed by atoms with Crippen LogP contribution in [0.15, 0.2) is 0 Å². The van der Waals surface area contributed by atoms with Crippen molar-refractivity contribution < 1.29 is 9.90 Å². The maximum Gasteiger partial charge on any atom is 0.309 e. The first-order valence-corrected chi connectivity index (χ1v) is 7.76. The van der Waals surface area contributed by atoms with Crippen LogP contribution in [0.5, 0.6) is 0 Å². The number of hydrogen-bond acceptors (Lipinski definition) is 2. The molecule has 0 unspecified atom stereocenters. The molecule has 1 aliphatic carbocycles. The summed E-state index contributed by atoms with van der Waals surface area (Å²) in [5.74, 6) is 0.225. The average molecular weight is 269 g/mol. The molecule has 1 saturated carbocycles. The first-order chi connectivity index (χ1) is 8.83. The normalized spacial score (nSPS) is 24.7. The lowest BCUT2D eigenvalue weighted by molar-refractivity contribution is -0.147. The largest absolute Gasteiger partial charge is 0.481 e. The number of carbonyl (C=O) groups is 1. The molecule has 0 bridgehead atoms. The monoisotopic (exact) mass is 269 g/mol. The first-order valence-electron chi connectivity index (χ1n) is 7.76. The zero-order valence-corrected chi connectivity index (χ0v) is 13.1. The number of carboxylic acids is 1. The Morgan fingerprint density at radius 2 is 1.79 bits per heavy atom. The van der Waals surface area contributed by atoms with Crippen molar-refractivity contribution in [1.29, 1.82) is 0 Å². The van der Waals surface area contributed by atoms with Crippen LogP contribution >= 0.6 is 0 Å². The molecule has 0 heterocycles. The summed E-state index contributed by atoms with van der Waals surface area (Å²) in [6.45, 7) is 7.10. The molecule has 0 aromatic heterocycles. The van der Waals surface area contributed by atoms with E-state index in [1.807, 2.05) is 13.8 Å². The molecule has 19 heavy (non-hydrogen) atoms. The number of carboxylic acid groups (broad SMARTS) is 1. The number of unbranched alkanes of at least 4 members (excludes halogenated alkanes) is 1. The van der Waals surface area contributed by atoms with Crippen LogP contribution in [-0.4, -0.2) is 35.6 Å². The predicted octanol–water partition coefficient (Wildman–Crippen LogP) is 3.78. The van der Waals surface area contributed by atoms with Crippen molar-refractivity contribution in [3.05, 3.63) is 0 Å². The van der Waals surface area contributed by atoms with E-state index in [-0.39, 0.29) is 0 Å². The Kier molecular flexibility index (Phi) is 6.31. The number of nitrogens with zero attached hydrogens (tertiary/aromatic N) is 1. The van der Waals surface area contributed by atoms with Gasteiger partial charge >= 0.3 is 5.97 Å². The second kappa shape index (κ2) is 7.28. The highest BCUT2D eigenvalue weighted by Gasteiger charge is 2.26. The van der Waals surface area contributed by atoms with Gasteiger partial charge in [0.1, 0.15) is 0 Å². The van der Waals surface area contributed by atoms with E-state index >= 15 is 0 Å². The third-order valence-corrected chi connectivity index (χ3v) is 4.75. The van der Waals surface area contributed by atoms with Gasteiger partial charge in [-0.3, -0.25) is 4.79 Å². The lowest BCUT2D eigenvalue weighted by Crippen LogP contribution is -2.35. The summed E-state index contributed by atoms with van der Waals surface area (Å²) in [6.07, 6.45) is 8.28. The van der Waals surface area contributed by atoms with Gasteiger partial charge in [0.15, 0.2) is 0 Å². The fourth-order valence-corrected chi connectivity index (χ4v) is 2.90. The van der Waals surface area contributed by atoms with E-state index in [0.717, 1.165) is 37.8 Å². The Bertz CT molecular complexity index is 280. The fraction of sp³-hybridized carbons (Fsp3) is 0.938. The second-order valence-corrected chi connectivity index (χ2v) is 7.04. The third kappa shape index (κ3) is 5.52. The average Bonchev–Trinajstić information content (AvgIpc) is 2.35. The van der Waals surface area contributed by atoms with E-state index in [4.69, 9.17) is 5.11 Å². The maximum absolute atomic E-state index is 11.0. The highest BCUT2D eigenvalue weighted by atomic mass is 16.4. The van der Waals surface area contributed by atoms with Crippen molar-refractivity contribution in [3.8, 4) is 0 Å². The molecular formula is C16H31NO2. The molecule has 0 aromatic carbocycles. The standard InChI is InChI=1S/C16H31NO2/c1-13-7-9-14(10-8-13)17(4)12-6-5-11-16(2,3)15(18)19/h13-14H,5-12H2,1-4H3,(H,18,19). The second-order valence-electron chi connectivity index (χ2n) is 7.04. The number of aliphatic carboxylic acids is 1. The molecule has 0 spiro atoms. The van der Waals surface area contributed by atoms with Gasteiger partial charge in [-0.15, -0.1) is 0 Å². The minimum Gasteiger partial charge on any atom is -0.481 e. The summed E-state index contributed by atoms with van der Waals surface area (Å²) in [6, 6.07) is 0.753. The van der Waals surface area contributed by atoms with Gasteiger partial charge in [-0.25, -0.2) is 0 Å². The topological polar surface area (TPSA) is 40.5 Å². The lowest BCUT2D eigenvalue weighted by atomic mass is 9.86. The van der Waals surface area contributed by atoms with E-state index in [0.29, 0.717) is 0 Å². The zero-order valence-electron chi connectivity index (χ0n) is 13.1. The number of hydrogen-bond donors (Lipinski definition) is 1. The molecule has 0 aromatic rings. The summed E-state index contributed by atoms with van der Waals surface area (Å²) >= 11 is 0. The highest BCUT2D eigenvalue weighted by molar-refractivity contribution is 5.73. The van der Waals surface area contributed by atoms with Gasteiger partial charge in [-0.05, 0) is 71.9 Å². The predicted molar refractivity (Wildman–Crippen MR) is 79.3 cm³/mol. The molecule has 3 nitrogen and oxygen atoms in total. The Hall–Kier alpha value is -0.570. The lowest BCUT2D eigenvalue weighted by Gasteiger charge is -2.33. The summed E-state index contributed by atoms with van der Waals surface area (Å²) < 4.78 is 0. The first kappa shape index (κ1) is 16.5. The van der Waals surface area contributed by atoms with Gasteiger partial charge in [-0.2, -0.15) is 0 Å². The van der Waals surface area contributed by atoms with Gasteiger partial charge in [0.25, 0.3) is 0 Å². The van der Waals surface area contributed by atoms with E-state index in [9.17, 15) is 4.79 Å². The molecule has 0 radical (unpaired) electrons. The van der Waals surface area contributed by atoms with E-state index in [1.165, 1.54) is 25.7 Å². The van der Waals surface area contributed by atoms with Crippen molar-refractivity contribution in [1.82, 2.24) is 4.90 Å². The van der Waals surface area contributed by atoms with Crippen LogP contribution in [0, 0.1) is 11.3 Å². The van der Waals surface area contributed by atoms with Crippen LogP contribution in [0.3, 0.4) is 0 Å². The third-order valence-electron chi connectivity index (χ3n) is 4.75. The molecule has 0 atom stereocenters. The van der Waals surface area contributed by atoms with Crippen molar-refractivity contribution in [2.75, 3.05) is 13.6 Å². The van der Waals surface area contributed by atoms with Gasteiger partial charge in [0.05, 0.1) is 5.41 Å². The fourth-order valence-electron chi connectivity index (χ4n) is 2.90. The molecule has 1 N–H and O–H groups in total. The Labute approximate surface area is 118 Å². The molecule has 1 rings (SSSR count). The summed E-state index contributed by atoms with van der Waals surface area (Å²) in [7, 11) is 2.23. The maximum atomic E-state index is 11.0. The van der Waals surface area contributed by atoms with Crippen molar-refractivity contribution in [2.45, 2.75) is 71.8 Å². The molecular weight excluding hydrogens is 238 g/mol. The van der Waals surface area contributed by atoms with Gasteiger partial charge in [0, 0.05) is 6.04 Å². The Morgan fingerprint density at radius 1 is 1.21 bits per heavy atom. The van der Waals surface area contributed by atoms with E-state index in [2.05, 4.69) is 18.9 Å². The molecule has 0 aliphatic heterocycles. The smallest absolute Gasteiger partial charge is 0.309 e. The molecule has 112 valence electrons. The van der Waals surface area contributed by atoms with Gasteiger partial charge < -0.3 is 10.0 Å². The zero-order chi connectivity index (χ0) is 14.5. The number of rotatable bonds is 7. The summed E-state index contributed by atoms with van der Waals surface area (Å²) in [5.41, 5.74) is -0.571.